The number of anilines is 1. The summed E-state index contributed by atoms with van der Waals surface area (Å²) in [6.07, 6.45) is 1.47. The van der Waals surface area contributed by atoms with E-state index in [4.69, 9.17) is 16.7 Å². The zero-order valence-electron chi connectivity index (χ0n) is 13.1. The van der Waals surface area contributed by atoms with Crippen LogP contribution in [0, 0.1) is 23.5 Å². The minimum Gasteiger partial charge on any atom is -0.481 e. The van der Waals surface area contributed by atoms with E-state index in [0.717, 1.165) is 12.3 Å². The van der Waals surface area contributed by atoms with E-state index >= 15 is 0 Å². The minimum atomic E-state index is -1.51. The van der Waals surface area contributed by atoms with Gasteiger partial charge in [-0.2, -0.15) is 0 Å². The number of hydrogen-bond acceptors (Lipinski definition) is 4. The Balaban J connectivity index is 1.95. The Kier molecular flexibility index (Phi) is 4.78. The summed E-state index contributed by atoms with van der Waals surface area (Å²) in [5.41, 5.74) is -0.261. The van der Waals surface area contributed by atoms with Crippen molar-refractivity contribution in [3.8, 4) is 0 Å². The van der Waals surface area contributed by atoms with E-state index in [1.54, 1.807) is 6.07 Å². The van der Waals surface area contributed by atoms with Gasteiger partial charge in [-0.05, 0) is 24.0 Å². The van der Waals surface area contributed by atoms with Gasteiger partial charge in [-0.1, -0.05) is 23.7 Å². The molecule has 0 radical (unpaired) electrons. The van der Waals surface area contributed by atoms with Crippen LogP contribution < -0.4 is 5.32 Å². The third kappa shape index (κ3) is 3.45. The summed E-state index contributed by atoms with van der Waals surface area (Å²) in [5.74, 6) is -5.21. The van der Waals surface area contributed by atoms with Crippen LogP contribution >= 0.6 is 11.6 Å². The highest BCUT2D eigenvalue weighted by Crippen LogP contribution is 2.50. The van der Waals surface area contributed by atoms with Gasteiger partial charge in [0.05, 0.1) is 28.9 Å². The molecule has 3 N–H and O–H groups in total. The van der Waals surface area contributed by atoms with Crippen molar-refractivity contribution in [2.24, 2.45) is 11.8 Å². The lowest BCUT2D eigenvalue weighted by Gasteiger charge is -2.22. The molecule has 1 saturated carbocycles. The van der Waals surface area contributed by atoms with Crippen molar-refractivity contribution in [2.45, 2.75) is 12.5 Å². The average Bonchev–Trinajstić information content (AvgIpc) is 3.36. The first-order valence-corrected chi connectivity index (χ1v) is 7.99. The van der Waals surface area contributed by atoms with Crippen molar-refractivity contribution in [1.29, 1.82) is 0 Å². The molecule has 3 rings (SSSR count). The van der Waals surface area contributed by atoms with Gasteiger partial charge in [-0.25, -0.2) is 18.6 Å². The molecule has 3 unspecified atom stereocenters. The van der Waals surface area contributed by atoms with Crippen LogP contribution in [0.15, 0.2) is 30.5 Å². The Hall–Kier alpha value is -2.74. The number of aromatic carboxylic acids is 1. The lowest BCUT2D eigenvalue weighted by atomic mass is 10.00. The third-order valence-electron chi connectivity index (χ3n) is 4.27. The van der Waals surface area contributed by atoms with E-state index in [1.807, 2.05) is 0 Å². The minimum absolute atomic E-state index is 0.133. The van der Waals surface area contributed by atoms with Crippen molar-refractivity contribution in [1.82, 2.24) is 4.98 Å². The summed E-state index contributed by atoms with van der Waals surface area (Å²) in [4.78, 5) is 25.6. The molecule has 6 nitrogen and oxygen atoms in total. The number of benzene rings is 1. The Morgan fingerprint density at radius 3 is 2.58 bits per heavy atom. The molecule has 0 spiro atoms. The number of aliphatic carboxylic acids is 1. The van der Waals surface area contributed by atoms with Crippen molar-refractivity contribution in [2.75, 3.05) is 5.32 Å². The second kappa shape index (κ2) is 6.87. The molecular weight excluding hydrogens is 370 g/mol. The fraction of sp³-hybridized carbons (Fsp3) is 0.235. The van der Waals surface area contributed by atoms with Gasteiger partial charge in [0.15, 0.2) is 11.5 Å². The van der Waals surface area contributed by atoms with Gasteiger partial charge in [0.25, 0.3) is 0 Å². The number of nitrogens with one attached hydrogen (secondary N) is 1. The lowest BCUT2D eigenvalue weighted by molar-refractivity contribution is -0.138. The predicted molar refractivity (Wildman–Crippen MR) is 88.2 cm³/mol. The number of carbonyl (C=O) groups is 2. The zero-order valence-corrected chi connectivity index (χ0v) is 13.9. The summed E-state index contributed by atoms with van der Waals surface area (Å²) in [7, 11) is 0. The summed E-state index contributed by atoms with van der Waals surface area (Å²) >= 11 is 6.02. The molecular formula is C17H13ClF2N2O4. The fourth-order valence-corrected chi connectivity index (χ4v) is 3.14. The Labute approximate surface area is 151 Å². The molecule has 0 amide bonds. The topological polar surface area (TPSA) is 99.5 Å². The molecule has 26 heavy (non-hydrogen) atoms. The number of pyridine rings is 1. The van der Waals surface area contributed by atoms with Gasteiger partial charge in [0.2, 0.25) is 0 Å². The number of rotatable bonds is 6. The molecule has 0 bridgehead atoms. The monoisotopic (exact) mass is 382 g/mol. The predicted octanol–water partition coefficient (Wildman–Crippen LogP) is 3.59. The quantitative estimate of drug-likeness (QED) is 0.706. The molecule has 1 aliphatic rings. The molecule has 1 aromatic carbocycles. The maximum Gasteiger partial charge on any atom is 0.357 e. The van der Waals surface area contributed by atoms with Gasteiger partial charge in [0.1, 0.15) is 5.82 Å². The Bertz CT molecular complexity index is 893. The van der Waals surface area contributed by atoms with Gasteiger partial charge < -0.3 is 15.5 Å². The largest absolute Gasteiger partial charge is 0.481 e. The van der Waals surface area contributed by atoms with E-state index in [0.29, 0.717) is 12.0 Å². The molecule has 9 heteroatoms. The lowest BCUT2D eigenvalue weighted by Crippen LogP contribution is -2.17. The van der Waals surface area contributed by atoms with Crippen molar-refractivity contribution in [3.05, 3.63) is 58.4 Å². The number of aromatic nitrogens is 1. The number of carboxylic acids is 2. The SMILES string of the molecule is O=C(O)c1ncc(NC(c2cccc(F)c2Cl)C2CC2C(=O)O)cc1F. The van der Waals surface area contributed by atoms with Crippen LogP contribution in [0.4, 0.5) is 14.5 Å². The van der Waals surface area contributed by atoms with Crippen molar-refractivity contribution < 1.29 is 28.6 Å². The summed E-state index contributed by atoms with van der Waals surface area (Å²) in [6.45, 7) is 0. The van der Waals surface area contributed by atoms with Crippen molar-refractivity contribution >= 4 is 29.2 Å². The third-order valence-corrected chi connectivity index (χ3v) is 4.67. The highest BCUT2D eigenvalue weighted by molar-refractivity contribution is 6.31. The van der Waals surface area contributed by atoms with E-state index in [2.05, 4.69) is 10.3 Å². The molecule has 1 fully saturated rings. The molecule has 1 aliphatic carbocycles. The molecule has 0 saturated heterocycles. The molecule has 2 aromatic rings. The molecule has 0 aliphatic heterocycles. The van der Waals surface area contributed by atoms with Crippen LogP contribution in [0.25, 0.3) is 0 Å². The first-order valence-electron chi connectivity index (χ1n) is 7.61. The maximum absolute atomic E-state index is 13.9. The standard InChI is InChI=1S/C17H13ClF2N2O4/c18-13-8(2-1-3-11(13)19)14(9-5-10(9)16(23)24)22-7-4-12(20)15(17(25)26)21-6-7/h1-4,6,9-10,14,22H,5H2,(H,23,24)(H,25,26). The first-order chi connectivity index (χ1) is 12.3. The first kappa shape index (κ1) is 18.1. The number of carboxylic acid groups (broad SMARTS) is 2. The van der Waals surface area contributed by atoms with E-state index in [1.165, 1.54) is 12.1 Å². The normalized spacial score (nSPS) is 19.7. The number of hydrogen-bond donors (Lipinski definition) is 3. The highest BCUT2D eigenvalue weighted by Gasteiger charge is 2.49. The van der Waals surface area contributed by atoms with E-state index in [-0.39, 0.29) is 16.6 Å². The summed E-state index contributed by atoms with van der Waals surface area (Å²) in [6, 6.07) is 4.41. The van der Waals surface area contributed by atoms with Crippen LogP contribution in [0.1, 0.15) is 28.5 Å². The van der Waals surface area contributed by atoms with Gasteiger partial charge in [-0.3, -0.25) is 4.79 Å². The van der Waals surface area contributed by atoms with Crippen LogP contribution in [-0.2, 0) is 4.79 Å². The van der Waals surface area contributed by atoms with Gasteiger partial charge in [0, 0.05) is 6.07 Å². The van der Waals surface area contributed by atoms with Crippen molar-refractivity contribution in [3.63, 3.8) is 0 Å². The number of nitrogens with zero attached hydrogens (tertiary/aromatic N) is 1. The maximum atomic E-state index is 13.9. The van der Waals surface area contributed by atoms with Gasteiger partial charge in [-0.15, -0.1) is 0 Å². The Morgan fingerprint density at radius 1 is 1.27 bits per heavy atom. The van der Waals surface area contributed by atoms with Crippen LogP contribution in [-0.4, -0.2) is 27.1 Å². The van der Waals surface area contributed by atoms with Gasteiger partial charge >= 0.3 is 11.9 Å². The zero-order chi connectivity index (χ0) is 19.0. The summed E-state index contributed by atoms with van der Waals surface area (Å²) in [5, 5.41) is 20.8. The molecule has 136 valence electrons. The number of halogens is 3. The average molecular weight is 383 g/mol. The molecule has 1 aromatic heterocycles. The van der Waals surface area contributed by atoms with Crippen LogP contribution in [0.3, 0.4) is 0 Å². The second-order valence-electron chi connectivity index (χ2n) is 5.97. The fourth-order valence-electron chi connectivity index (χ4n) is 2.90. The smallest absolute Gasteiger partial charge is 0.357 e. The van der Waals surface area contributed by atoms with E-state index < -0.39 is 41.2 Å². The Morgan fingerprint density at radius 2 is 2.00 bits per heavy atom. The second-order valence-corrected chi connectivity index (χ2v) is 6.35. The highest BCUT2D eigenvalue weighted by atomic mass is 35.5. The molecule has 3 atom stereocenters. The van der Waals surface area contributed by atoms with E-state index in [9.17, 15) is 23.5 Å². The molecule has 1 heterocycles. The summed E-state index contributed by atoms with van der Waals surface area (Å²) < 4.78 is 27.7. The van der Waals surface area contributed by atoms with Crippen LogP contribution in [0.2, 0.25) is 5.02 Å². The van der Waals surface area contributed by atoms with Crippen LogP contribution in [0.5, 0.6) is 0 Å².